The van der Waals surface area contributed by atoms with E-state index in [-0.39, 0.29) is 16.5 Å². The summed E-state index contributed by atoms with van der Waals surface area (Å²) in [5.41, 5.74) is 2.64. The van der Waals surface area contributed by atoms with Crippen molar-refractivity contribution in [2.24, 2.45) is 5.41 Å². The number of nitrogens with zero attached hydrogens (tertiary/aromatic N) is 3. The van der Waals surface area contributed by atoms with Crippen molar-refractivity contribution in [3.8, 4) is 0 Å². The minimum absolute atomic E-state index is 0.0405. The van der Waals surface area contributed by atoms with Crippen LogP contribution in [0.15, 0.2) is 45.9 Å². The van der Waals surface area contributed by atoms with Gasteiger partial charge in [0, 0.05) is 30.7 Å². The summed E-state index contributed by atoms with van der Waals surface area (Å²) in [6.45, 7) is 7.93. The molecule has 28 heavy (non-hydrogen) atoms. The Balaban J connectivity index is 1.63. The van der Waals surface area contributed by atoms with Gasteiger partial charge in [-0.1, -0.05) is 48.8 Å². The molecule has 1 aromatic carbocycles. The van der Waals surface area contributed by atoms with Crippen LogP contribution in [-0.2, 0) is 16.6 Å². The van der Waals surface area contributed by atoms with E-state index in [1.807, 2.05) is 6.07 Å². The number of fused-ring (bicyclic) bond motifs is 1. The highest BCUT2D eigenvalue weighted by atomic mass is 79.9. The molecule has 4 rings (SSSR count). The average Bonchev–Trinajstić information content (AvgIpc) is 3.28. The number of aromatic nitrogens is 1. The molecule has 1 aliphatic heterocycles. The number of rotatable bonds is 4. The highest BCUT2D eigenvalue weighted by Crippen LogP contribution is 2.49. The van der Waals surface area contributed by atoms with Crippen LogP contribution in [-0.4, -0.2) is 37.3 Å². The molecule has 1 saturated carbocycles. The maximum Gasteiger partial charge on any atom is 0.260 e. The summed E-state index contributed by atoms with van der Waals surface area (Å²) in [6, 6.07) is 11.7. The van der Waals surface area contributed by atoms with Gasteiger partial charge < -0.3 is 4.90 Å². The Labute approximate surface area is 175 Å². The zero-order chi connectivity index (χ0) is 20.3. The second-order valence-corrected chi connectivity index (χ2v) is 11.5. The molecule has 1 fully saturated rings. The Kier molecular flexibility index (Phi) is 4.83. The Morgan fingerprint density at radius 2 is 1.96 bits per heavy atom. The lowest BCUT2D eigenvalue weighted by atomic mass is 9.91. The molecule has 2 aromatic rings. The molecular formula is C21H26BrN3O2S. The molecule has 0 radical (unpaired) electrons. The minimum Gasteiger partial charge on any atom is -0.352 e. The van der Waals surface area contributed by atoms with Crippen LogP contribution in [0.5, 0.6) is 0 Å². The van der Waals surface area contributed by atoms with Crippen LogP contribution < -0.4 is 4.90 Å². The Morgan fingerprint density at radius 1 is 1.25 bits per heavy atom. The van der Waals surface area contributed by atoms with Crippen molar-refractivity contribution in [3.05, 3.63) is 52.0 Å². The Hall–Kier alpha value is -1.44. The molecule has 0 bridgehead atoms. The van der Waals surface area contributed by atoms with Gasteiger partial charge in [0.15, 0.2) is 5.03 Å². The van der Waals surface area contributed by atoms with Gasteiger partial charge in [0.2, 0.25) is 0 Å². The van der Waals surface area contributed by atoms with Crippen molar-refractivity contribution in [1.29, 1.82) is 0 Å². The SMILES string of the molecule is CC1CN(c2cccc(S(=O)(=O)N(C)C3CC3(C)C)n2)Cc2cc(Br)ccc21. The number of benzene rings is 1. The number of hydrogen-bond acceptors (Lipinski definition) is 4. The summed E-state index contributed by atoms with van der Waals surface area (Å²) in [5.74, 6) is 1.07. The molecule has 2 atom stereocenters. The molecule has 2 unspecified atom stereocenters. The number of halogens is 1. The largest absolute Gasteiger partial charge is 0.352 e. The minimum atomic E-state index is -3.60. The number of hydrogen-bond donors (Lipinski definition) is 0. The lowest BCUT2D eigenvalue weighted by molar-refractivity contribution is 0.411. The Morgan fingerprint density at radius 3 is 2.64 bits per heavy atom. The predicted molar refractivity (Wildman–Crippen MR) is 115 cm³/mol. The summed E-state index contributed by atoms with van der Waals surface area (Å²) < 4.78 is 28.7. The zero-order valence-electron chi connectivity index (χ0n) is 16.7. The lowest BCUT2D eigenvalue weighted by Crippen LogP contribution is -2.34. The molecular weight excluding hydrogens is 438 g/mol. The van der Waals surface area contributed by atoms with Gasteiger partial charge in [0.05, 0.1) is 0 Å². The smallest absolute Gasteiger partial charge is 0.260 e. The van der Waals surface area contributed by atoms with Crippen LogP contribution in [0.4, 0.5) is 5.82 Å². The van der Waals surface area contributed by atoms with Crippen LogP contribution >= 0.6 is 15.9 Å². The molecule has 0 saturated heterocycles. The van der Waals surface area contributed by atoms with Gasteiger partial charge in [-0.3, -0.25) is 0 Å². The maximum atomic E-state index is 13.1. The van der Waals surface area contributed by atoms with Crippen molar-refractivity contribution in [2.45, 2.75) is 50.7 Å². The highest BCUT2D eigenvalue weighted by molar-refractivity contribution is 9.10. The van der Waals surface area contributed by atoms with Crippen molar-refractivity contribution in [1.82, 2.24) is 9.29 Å². The van der Waals surface area contributed by atoms with Crippen molar-refractivity contribution in [3.63, 3.8) is 0 Å². The molecule has 150 valence electrons. The van der Waals surface area contributed by atoms with E-state index >= 15 is 0 Å². The fraction of sp³-hybridized carbons (Fsp3) is 0.476. The summed E-state index contributed by atoms with van der Waals surface area (Å²) in [4.78, 5) is 6.73. The summed E-state index contributed by atoms with van der Waals surface area (Å²) in [5, 5.41) is 0.128. The number of anilines is 1. The first-order chi connectivity index (χ1) is 13.1. The van der Waals surface area contributed by atoms with E-state index in [2.05, 4.69) is 64.8 Å². The van der Waals surface area contributed by atoms with E-state index in [0.29, 0.717) is 11.7 Å². The fourth-order valence-electron chi connectivity index (χ4n) is 4.16. The summed E-state index contributed by atoms with van der Waals surface area (Å²) >= 11 is 3.55. The van der Waals surface area contributed by atoms with Crippen molar-refractivity contribution in [2.75, 3.05) is 18.5 Å². The normalized spacial score (nSPS) is 23.6. The van der Waals surface area contributed by atoms with Crippen LogP contribution in [0.3, 0.4) is 0 Å². The third-order valence-corrected chi connectivity index (χ3v) is 8.33. The van der Waals surface area contributed by atoms with Gasteiger partial charge in [-0.2, -0.15) is 4.31 Å². The molecule has 2 heterocycles. The second-order valence-electron chi connectivity index (χ2n) is 8.69. The molecule has 2 aliphatic rings. The van der Waals surface area contributed by atoms with Gasteiger partial charge in [-0.05, 0) is 53.1 Å². The topological polar surface area (TPSA) is 53.5 Å². The quantitative estimate of drug-likeness (QED) is 0.674. The monoisotopic (exact) mass is 463 g/mol. The van der Waals surface area contributed by atoms with E-state index in [9.17, 15) is 8.42 Å². The van der Waals surface area contributed by atoms with Crippen LogP contribution in [0, 0.1) is 5.41 Å². The number of sulfonamides is 1. The molecule has 7 heteroatoms. The summed E-state index contributed by atoms with van der Waals surface area (Å²) in [6.07, 6.45) is 0.887. The first-order valence-corrected chi connectivity index (χ1v) is 11.8. The van der Waals surface area contributed by atoms with Gasteiger partial charge >= 0.3 is 0 Å². The van der Waals surface area contributed by atoms with E-state index in [1.54, 1.807) is 19.2 Å². The maximum absolute atomic E-state index is 13.1. The lowest BCUT2D eigenvalue weighted by Gasteiger charge is -2.34. The zero-order valence-corrected chi connectivity index (χ0v) is 19.1. The van der Waals surface area contributed by atoms with Crippen LogP contribution in [0.2, 0.25) is 0 Å². The van der Waals surface area contributed by atoms with Gasteiger partial charge in [-0.25, -0.2) is 13.4 Å². The second kappa shape index (κ2) is 6.82. The third kappa shape index (κ3) is 3.48. The first kappa shape index (κ1) is 19.9. The third-order valence-electron chi connectivity index (χ3n) is 6.07. The first-order valence-electron chi connectivity index (χ1n) is 9.58. The van der Waals surface area contributed by atoms with Gasteiger partial charge in [-0.15, -0.1) is 0 Å². The predicted octanol–water partition coefficient (Wildman–Crippen LogP) is 4.39. The standard InChI is InChI=1S/C21H26BrN3O2S/c1-14-12-25(13-15-10-16(22)8-9-17(14)15)19-6-5-7-20(23-19)28(26,27)24(4)18-11-21(18,2)3/h5-10,14,18H,11-13H2,1-4H3. The number of pyridine rings is 1. The molecule has 1 aromatic heterocycles. The summed E-state index contributed by atoms with van der Waals surface area (Å²) in [7, 11) is -1.93. The van der Waals surface area contributed by atoms with Crippen molar-refractivity contribution < 1.29 is 8.42 Å². The van der Waals surface area contributed by atoms with Crippen LogP contribution in [0.25, 0.3) is 0 Å². The molecule has 0 spiro atoms. The average molecular weight is 464 g/mol. The van der Waals surface area contributed by atoms with Crippen molar-refractivity contribution >= 4 is 31.8 Å². The highest BCUT2D eigenvalue weighted by Gasteiger charge is 2.52. The Bertz CT molecular complexity index is 1020. The van der Waals surface area contributed by atoms with Crippen LogP contribution in [0.1, 0.15) is 44.2 Å². The molecule has 0 N–H and O–H groups in total. The fourth-order valence-corrected chi connectivity index (χ4v) is 6.02. The molecule has 1 aliphatic carbocycles. The molecule has 5 nitrogen and oxygen atoms in total. The molecule has 0 amide bonds. The van der Waals surface area contributed by atoms with Gasteiger partial charge in [0.25, 0.3) is 10.0 Å². The van der Waals surface area contributed by atoms with E-state index in [4.69, 9.17) is 0 Å². The van der Waals surface area contributed by atoms with E-state index in [1.165, 1.54) is 15.4 Å². The van der Waals surface area contributed by atoms with Gasteiger partial charge in [0.1, 0.15) is 5.82 Å². The van der Waals surface area contributed by atoms with E-state index < -0.39 is 10.0 Å². The van der Waals surface area contributed by atoms with E-state index in [0.717, 1.165) is 24.0 Å².